The standard InChI is InChI=1S/C21H28O2/c1-16-14-18(15-19(22-2)20(16)23-3)21(12-8-5-9-13-21)17-10-6-4-7-11-17/h4,6-7,10-11,15-16H,5,8-9,12-14H2,1-3H3/t16-/m1/s1. The first-order valence-corrected chi connectivity index (χ1v) is 8.80. The van der Waals surface area contributed by atoms with Crippen LogP contribution in [-0.4, -0.2) is 14.2 Å². The van der Waals surface area contributed by atoms with E-state index in [9.17, 15) is 0 Å². The maximum absolute atomic E-state index is 5.65. The van der Waals surface area contributed by atoms with Crippen molar-refractivity contribution >= 4 is 0 Å². The summed E-state index contributed by atoms with van der Waals surface area (Å²) in [6, 6.07) is 11.1. The van der Waals surface area contributed by atoms with Gasteiger partial charge in [-0.05, 0) is 30.9 Å². The van der Waals surface area contributed by atoms with Crippen molar-refractivity contribution in [2.75, 3.05) is 14.2 Å². The number of hydrogen-bond donors (Lipinski definition) is 0. The summed E-state index contributed by atoms with van der Waals surface area (Å²) < 4.78 is 11.2. The minimum Gasteiger partial charge on any atom is -0.497 e. The van der Waals surface area contributed by atoms with Crippen molar-refractivity contribution in [3.8, 4) is 0 Å². The molecule has 0 bridgehead atoms. The average Bonchev–Trinajstić information content (AvgIpc) is 2.62. The largest absolute Gasteiger partial charge is 0.497 e. The lowest BCUT2D eigenvalue weighted by Gasteiger charge is -2.42. The fourth-order valence-electron chi connectivity index (χ4n) is 4.46. The molecule has 23 heavy (non-hydrogen) atoms. The number of ether oxygens (including phenoxy) is 2. The van der Waals surface area contributed by atoms with Crippen LogP contribution in [0.2, 0.25) is 0 Å². The molecule has 0 radical (unpaired) electrons. The van der Waals surface area contributed by atoms with Gasteiger partial charge in [-0.1, -0.05) is 62.1 Å². The predicted octanol–water partition coefficient (Wildman–Crippen LogP) is 5.36. The van der Waals surface area contributed by atoms with Crippen LogP contribution >= 0.6 is 0 Å². The second-order valence-corrected chi connectivity index (χ2v) is 6.92. The Balaban J connectivity index is 2.08. The van der Waals surface area contributed by atoms with Gasteiger partial charge >= 0.3 is 0 Å². The highest BCUT2D eigenvalue weighted by Gasteiger charge is 2.40. The normalized spacial score (nSPS) is 24.1. The van der Waals surface area contributed by atoms with Crippen LogP contribution in [0, 0.1) is 5.92 Å². The molecule has 1 aromatic carbocycles. The van der Waals surface area contributed by atoms with Crippen molar-refractivity contribution in [3.05, 3.63) is 59.1 Å². The van der Waals surface area contributed by atoms with Crippen molar-refractivity contribution < 1.29 is 9.47 Å². The zero-order chi connectivity index (χ0) is 16.3. The Bertz CT molecular complexity index is 592. The summed E-state index contributed by atoms with van der Waals surface area (Å²) in [6.45, 7) is 2.24. The number of benzene rings is 1. The van der Waals surface area contributed by atoms with E-state index in [4.69, 9.17) is 9.47 Å². The van der Waals surface area contributed by atoms with Gasteiger partial charge in [0.2, 0.25) is 0 Å². The van der Waals surface area contributed by atoms with Crippen LogP contribution in [-0.2, 0) is 14.9 Å². The van der Waals surface area contributed by atoms with Crippen LogP contribution in [0.25, 0.3) is 0 Å². The van der Waals surface area contributed by atoms with Crippen molar-refractivity contribution in [2.24, 2.45) is 5.92 Å². The van der Waals surface area contributed by atoms with E-state index in [0.29, 0.717) is 5.92 Å². The van der Waals surface area contributed by atoms with E-state index in [-0.39, 0.29) is 5.41 Å². The highest BCUT2D eigenvalue weighted by Crippen LogP contribution is 2.49. The SMILES string of the molecule is COC1=C(OC)[C@H](C)CC(C2(c3ccccc3)CCCCC2)=C1. The molecule has 0 aromatic heterocycles. The van der Waals surface area contributed by atoms with Crippen molar-refractivity contribution in [1.29, 1.82) is 0 Å². The lowest BCUT2D eigenvalue weighted by Crippen LogP contribution is -2.34. The maximum atomic E-state index is 5.65. The quantitative estimate of drug-likeness (QED) is 0.745. The molecule has 2 aliphatic rings. The molecular formula is C21H28O2. The summed E-state index contributed by atoms with van der Waals surface area (Å²) in [5.41, 5.74) is 3.17. The summed E-state index contributed by atoms with van der Waals surface area (Å²) >= 11 is 0. The molecule has 3 rings (SSSR count). The van der Waals surface area contributed by atoms with Crippen LogP contribution < -0.4 is 0 Å². The van der Waals surface area contributed by atoms with E-state index in [2.05, 4.69) is 43.3 Å². The Morgan fingerprint density at radius 2 is 1.65 bits per heavy atom. The zero-order valence-electron chi connectivity index (χ0n) is 14.6. The smallest absolute Gasteiger partial charge is 0.156 e. The molecule has 1 saturated carbocycles. The minimum absolute atomic E-state index is 0.177. The molecule has 1 fully saturated rings. The number of allylic oxidation sites excluding steroid dienone is 3. The molecule has 2 aliphatic carbocycles. The first-order chi connectivity index (χ1) is 11.2. The van der Waals surface area contributed by atoms with E-state index in [1.807, 2.05) is 0 Å². The van der Waals surface area contributed by atoms with E-state index in [1.54, 1.807) is 14.2 Å². The van der Waals surface area contributed by atoms with Gasteiger partial charge in [0.15, 0.2) is 5.76 Å². The molecule has 2 nitrogen and oxygen atoms in total. The van der Waals surface area contributed by atoms with Gasteiger partial charge in [0.25, 0.3) is 0 Å². The molecule has 124 valence electrons. The Kier molecular flexibility index (Phi) is 4.79. The molecule has 0 amide bonds. The molecule has 0 N–H and O–H groups in total. The molecule has 0 unspecified atom stereocenters. The summed E-state index contributed by atoms with van der Waals surface area (Å²) in [4.78, 5) is 0. The molecule has 1 aromatic rings. The third-order valence-corrected chi connectivity index (χ3v) is 5.61. The minimum atomic E-state index is 0.177. The summed E-state index contributed by atoms with van der Waals surface area (Å²) in [6.07, 6.45) is 9.78. The first-order valence-electron chi connectivity index (χ1n) is 8.80. The molecule has 0 aliphatic heterocycles. The van der Waals surface area contributed by atoms with Gasteiger partial charge in [-0.2, -0.15) is 0 Å². The maximum Gasteiger partial charge on any atom is 0.156 e. The fourth-order valence-corrected chi connectivity index (χ4v) is 4.46. The second kappa shape index (κ2) is 6.82. The highest BCUT2D eigenvalue weighted by molar-refractivity contribution is 5.42. The molecule has 1 atom stereocenters. The summed E-state index contributed by atoms with van der Waals surface area (Å²) in [5, 5.41) is 0. The Hall–Kier alpha value is -1.70. The lowest BCUT2D eigenvalue weighted by atomic mass is 9.62. The van der Waals surface area contributed by atoms with Crippen molar-refractivity contribution in [1.82, 2.24) is 0 Å². The topological polar surface area (TPSA) is 18.5 Å². The van der Waals surface area contributed by atoms with Crippen molar-refractivity contribution in [3.63, 3.8) is 0 Å². The van der Waals surface area contributed by atoms with Gasteiger partial charge in [-0.25, -0.2) is 0 Å². The Morgan fingerprint density at radius 3 is 2.26 bits per heavy atom. The van der Waals surface area contributed by atoms with Crippen LogP contribution in [0.5, 0.6) is 0 Å². The molecule has 0 heterocycles. The van der Waals surface area contributed by atoms with Gasteiger partial charge in [0.05, 0.1) is 14.2 Å². The predicted molar refractivity (Wildman–Crippen MR) is 94.1 cm³/mol. The van der Waals surface area contributed by atoms with Gasteiger partial charge < -0.3 is 9.47 Å². The van der Waals surface area contributed by atoms with E-state index < -0.39 is 0 Å². The van der Waals surface area contributed by atoms with Gasteiger partial charge in [0.1, 0.15) is 5.76 Å². The van der Waals surface area contributed by atoms with Gasteiger partial charge in [0, 0.05) is 11.3 Å². The fraction of sp³-hybridized carbons (Fsp3) is 0.524. The molecular weight excluding hydrogens is 284 g/mol. The van der Waals surface area contributed by atoms with Crippen molar-refractivity contribution in [2.45, 2.75) is 50.9 Å². The summed E-state index contributed by atoms with van der Waals surface area (Å²) in [7, 11) is 3.49. The monoisotopic (exact) mass is 312 g/mol. The van der Waals surface area contributed by atoms with E-state index >= 15 is 0 Å². The van der Waals surface area contributed by atoms with Gasteiger partial charge in [-0.15, -0.1) is 0 Å². The average molecular weight is 312 g/mol. The van der Waals surface area contributed by atoms with Crippen LogP contribution in [0.15, 0.2) is 53.5 Å². The van der Waals surface area contributed by atoms with Crippen LogP contribution in [0.1, 0.15) is 51.0 Å². The van der Waals surface area contributed by atoms with Gasteiger partial charge in [-0.3, -0.25) is 0 Å². The van der Waals surface area contributed by atoms with E-state index in [1.165, 1.54) is 43.2 Å². The number of methoxy groups -OCH3 is 2. The van der Waals surface area contributed by atoms with E-state index in [0.717, 1.165) is 17.9 Å². The third kappa shape index (κ3) is 2.91. The Labute approximate surface area is 140 Å². The zero-order valence-corrected chi connectivity index (χ0v) is 14.6. The van der Waals surface area contributed by atoms with Crippen LogP contribution in [0.3, 0.4) is 0 Å². The number of rotatable bonds is 4. The first kappa shape index (κ1) is 16.2. The molecule has 2 heteroatoms. The Morgan fingerprint density at radius 1 is 0.957 bits per heavy atom. The second-order valence-electron chi connectivity index (χ2n) is 6.92. The van der Waals surface area contributed by atoms with Crippen LogP contribution in [0.4, 0.5) is 0 Å². The number of hydrogen-bond acceptors (Lipinski definition) is 2. The highest BCUT2D eigenvalue weighted by atomic mass is 16.5. The summed E-state index contributed by atoms with van der Waals surface area (Å²) in [5.74, 6) is 2.26. The molecule has 0 spiro atoms. The third-order valence-electron chi connectivity index (χ3n) is 5.61. The lowest BCUT2D eigenvalue weighted by molar-refractivity contribution is 0.188. The molecule has 0 saturated heterocycles.